The maximum atomic E-state index is 13.5. The van der Waals surface area contributed by atoms with Gasteiger partial charge in [0.25, 0.3) is 5.91 Å². The summed E-state index contributed by atoms with van der Waals surface area (Å²) in [6.45, 7) is 3.29. The van der Waals surface area contributed by atoms with Crippen LogP contribution in [0, 0.1) is 23.5 Å². The second-order valence-electron chi connectivity index (χ2n) is 9.16. The van der Waals surface area contributed by atoms with Gasteiger partial charge in [0.1, 0.15) is 23.6 Å². The Kier molecular flexibility index (Phi) is 7.15. The van der Waals surface area contributed by atoms with Crippen LogP contribution >= 0.6 is 0 Å². The van der Waals surface area contributed by atoms with E-state index in [1.807, 2.05) is 36.4 Å². The molecule has 0 bridgehead atoms. The zero-order chi connectivity index (χ0) is 26.0. The Morgan fingerprint density at radius 1 is 0.917 bits per heavy atom. The van der Waals surface area contributed by atoms with Gasteiger partial charge in [0.05, 0.1) is 5.69 Å². The number of rotatable bonds is 6. The van der Waals surface area contributed by atoms with Gasteiger partial charge in [-0.1, -0.05) is 56.3 Å². The monoisotopic (exact) mass is 491 g/mol. The molecule has 0 radical (unpaired) electrons. The summed E-state index contributed by atoms with van der Waals surface area (Å²) in [5.41, 5.74) is 3.25. The van der Waals surface area contributed by atoms with E-state index >= 15 is 0 Å². The van der Waals surface area contributed by atoms with Gasteiger partial charge in [-0.15, -0.1) is 0 Å². The minimum atomic E-state index is -1.13. The smallest absolute Gasteiger partial charge is 0.253 e. The molecule has 0 spiro atoms. The maximum absolute atomic E-state index is 13.5. The SMILES string of the molecule is CC(C)[C@@H](C(=O)NCc1cc(F)cc(F)c1)C(=O)N[C@@H]1C(=O)N(C)c2ccccc2-c2ccccc21. The van der Waals surface area contributed by atoms with Crippen LogP contribution in [0.2, 0.25) is 0 Å². The Morgan fingerprint density at radius 3 is 2.19 bits per heavy atom. The molecule has 0 saturated heterocycles. The molecule has 0 unspecified atom stereocenters. The van der Waals surface area contributed by atoms with Crippen molar-refractivity contribution in [2.75, 3.05) is 11.9 Å². The van der Waals surface area contributed by atoms with Crippen LogP contribution in [-0.2, 0) is 20.9 Å². The average molecular weight is 492 g/mol. The Balaban J connectivity index is 1.59. The molecule has 2 atom stereocenters. The lowest BCUT2D eigenvalue weighted by atomic mass is 9.91. The number of benzene rings is 3. The van der Waals surface area contributed by atoms with Gasteiger partial charge >= 0.3 is 0 Å². The van der Waals surface area contributed by atoms with Crippen LogP contribution in [0.1, 0.15) is 31.0 Å². The number of halogens is 2. The predicted molar refractivity (Wildman–Crippen MR) is 133 cm³/mol. The molecular formula is C28H27F2N3O3. The number of hydrogen-bond donors (Lipinski definition) is 2. The zero-order valence-electron chi connectivity index (χ0n) is 20.2. The van der Waals surface area contributed by atoms with Crippen molar-refractivity contribution in [3.8, 4) is 11.1 Å². The van der Waals surface area contributed by atoms with Gasteiger partial charge < -0.3 is 15.5 Å². The second kappa shape index (κ2) is 10.3. The van der Waals surface area contributed by atoms with Gasteiger partial charge in [0.15, 0.2) is 0 Å². The lowest BCUT2D eigenvalue weighted by molar-refractivity contribution is -0.139. The van der Waals surface area contributed by atoms with Crippen molar-refractivity contribution in [1.29, 1.82) is 0 Å². The van der Waals surface area contributed by atoms with E-state index in [-0.39, 0.29) is 18.0 Å². The highest BCUT2D eigenvalue weighted by molar-refractivity contribution is 6.08. The summed E-state index contributed by atoms with van der Waals surface area (Å²) in [5, 5.41) is 5.39. The largest absolute Gasteiger partial charge is 0.351 e. The fourth-order valence-electron chi connectivity index (χ4n) is 4.54. The van der Waals surface area contributed by atoms with Gasteiger partial charge in [-0.2, -0.15) is 0 Å². The Labute approximate surface area is 208 Å². The highest BCUT2D eigenvalue weighted by Gasteiger charge is 2.37. The first-order valence-electron chi connectivity index (χ1n) is 11.7. The summed E-state index contributed by atoms with van der Waals surface area (Å²) in [6, 6.07) is 16.8. The number of fused-ring (bicyclic) bond motifs is 3. The van der Waals surface area contributed by atoms with E-state index in [0.29, 0.717) is 11.3 Å². The van der Waals surface area contributed by atoms with Crippen molar-refractivity contribution in [2.24, 2.45) is 11.8 Å². The number of anilines is 1. The number of carbonyl (C=O) groups is 3. The van der Waals surface area contributed by atoms with Gasteiger partial charge in [-0.25, -0.2) is 8.78 Å². The van der Waals surface area contributed by atoms with E-state index < -0.39 is 41.3 Å². The number of nitrogens with zero attached hydrogens (tertiary/aromatic N) is 1. The molecule has 1 aliphatic rings. The first-order chi connectivity index (χ1) is 17.2. The lowest BCUT2D eigenvalue weighted by Gasteiger charge is -2.26. The number of hydrogen-bond acceptors (Lipinski definition) is 3. The highest BCUT2D eigenvalue weighted by atomic mass is 19.1. The fourth-order valence-corrected chi connectivity index (χ4v) is 4.54. The van der Waals surface area contributed by atoms with Crippen molar-refractivity contribution in [1.82, 2.24) is 10.6 Å². The fraction of sp³-hybridized carbons (Fsp3) is 0.250. The molecule has 0 fully saturated rings. The third-order valence-corrected chi connectivity index (χ3v) is 6.31. The molecule has 3 amide bonds. The molecule has 1 heterocycles. The molecule has 1 aliphatic heterocycles. The van der Waals surface area contributed by atoms with Crippen molar-refractivity contribution in [3.63, 3.8) is 0 Å². The normalized spacial score (nSPS) is 15.6. The second-order valence-corrected chi connectivity index (χ2v) is 9.16. The molecule has 2 N–H and O–H groups in total. The van der Waals surface area contributed by atoms with Crippen LogP contribution in [0.4, 0.5) is 14.5 Å². The number of carbonyl (C=O) groups excluding carboxylic acids is 3. The molecule has 0 aromatic heterocycles. The number of para-hydroxylation sites is 1. The Bertz CT molecular complexity index is 1300. The molecule has 8 heteroatoms. The minimum Gasteiger partial charge on any atom is -0.351 e. The van der Waals surface area contributed by atoms with Crippen LogP contribution in [0.5, 0.6) is 0 Å². The Morgan fingerprint density at radius 2 is 1.53 bits per heavy atom. The van der Waals surface area contributed by atoms with Crippen LogP contribution in [0.15, 0.2) is 66.7 Å². The van der Waals surface area contributed by atoms with Crippen LogP contribution in [0.3, 0.4) is 0 Å². The molecule has 0 aliphatic carbocycles. The van der Waals surface area contributed by atoms with Gasteiger partial charge in [0, 0.05) is 25.2 Å². The van der Waals surface area contributed by atoms with E-state index in [1.165, 1.54) is 4.90 Å². The summed E-state index contributed by atoms with van der Waals surface area (Å²) in [4.78, 5) is 41.4. The maximum Gasteiger partial charge on any atom is 0.253 e. The highest BCUT2D eigenvalue weighted by Crippen LogP contribution is 2.39. The summed E-state index contributed by atoms with van der Waals surface area (Å²) < 4.78 is 27.0. The quantitative estimate of drug-likeness (QED) is 0.503. The van der Waals surface area contributed by atoms with Crippen molar-refractivity contribution >= 4 is 23.4 Å². The predicted octanol–water partition coefficient (Wildman–Crippen LogP) is 4.35. The van der Waals surface area contributed by atoms with E-state index in [2.05, 4.69) is 10.6 Å². The third kappa shape index (κ3) is 4.98. The molecule has 186 valence electrons. The van der Waals surface area contributed by atoms with Gasteiger partial charge in [-0.05, 0) is 40.8 Å². The molecule has 6 nitrogen and oxygen atoms in total. The molecule has 36 heavy (non-hydrogen) atoms. The molecule has 4 rings (SSSR count). The van der Waals surface area contributed by atoms with Gasteiger partial charge in [-0.3, -0.25) is 14.4 Å². The summed E-state index contributed by atoms with van der Waals surface area (Å²) in [7, 11) is 1.65. The number of likely N-dealkylation sites (N-methyl/N-ethyl adjacent to an activating group) is 1. The van der Waals surface area contributed by atoms with Crippen LogP contribution in [0.25, 0.3) is 11.1 Å². The standard InChI is InChI=1S/C28H27F2N3O3/c1-16(2)24(26(34)31-15-17-12-18(29)14-19(30)13-17)27(35)32-25-22-10-5-4-8-20(22)21-9-6-7-11-23(21)33(3)28(25)36/h4-14,16,24-25H,15H2,1-3H3,(H,31,34)(H,32,35)/t24-,25-/m0/s1. The first kappa shape index (κ1) is 25.0. The molecular weight excluding hydrogens is 464 g/mol. The van der Waals surface area contributed by atoms with Crippen molar-refractivity contribution in [2.45, 2.75) is 26.4 Å². The summed E-state index contributed by atoms with van der Waals surface area (Å²) in [6.07, 6.45) is 0. The third-order valence-electron chi connectivity index (χ3n) is 6.31. The van der Waals surface area contributed by atoms with Crippen LogP contribution in [-0.4, -0.2) is 24.8 Å². The topological polar surface area (TPSA) is 78.5 Å². The zero-order valence-corrected chi connectivity index (χ0v) is 20.2. The van der Waals surface area contributed by atoms with Crippen LogP contribution < -0.4 is 15.5 Å². The number of nitrogens with one attached hydrogen (secondary N) is 2. The van der Waals surface area contributed by atoms with Gasteiger partial charge in [0.2, 0.25) is 11.8 Å². The molecule has 3 aromatic rings. The van der Waals surface area contributed by atoms with E-state index in [0.717, 1.165) is 29.3 Å². The van der Waals surface area contributed by atoms with Crippen molar-refractivity contribution < 1.29 is 23.2 Å². The van der Waals surface area contributed by atoms with E-state index in [9.17, 15) is 23.2 Å². The summed E-state index contributed by atoms with van der Waals surface area (Å²) in [5.74, 6) is -4.58. The van der Waals surface area contributed by atoms with E-state index in [4.69, 9.17) is 0 Å². The minimum absolute atomic E-state index is 0.146. The van der Waals surface area contributed by atoms with E-state index in [1.54, 1.807) is 33.0 Å². The average Bonchev–Trinajstić information content (AvgIpc) is 2.92. The number of amides is 3. The Hall–Kier alpha value is -4.07. The lowest BCUT2D eigenvalue weighted by Crippen LogP contribution is -2.48. The molecule has 0 saturated carbocycles. The summed E-state index contributed by atoms with van der Waals surface area (Å²) >= 11 is 0. The molecule has 3 aromatic carbocycles. The van der Waals surface area contributed by atoms with Crippen molar-refractivity contribution in [3.05, 3.63) is 89.5 Å². The first-order valence-corrected chi connectivity index (χ1v) is 11.7.